The summed E-state index contributed by atoms with van der Waals surface area (Å²) < 4.78 is 0. The molecule has 7 nitrogen and oxygen atoms in total. The van der Waals surface area contributed by atoms with Crippen molar-refractivity contribution < 1.29 is 9.72 Å². The highest BCUT2D eigenvalue weighted by molar-refractivity contribution is 7.15. The molecule has 6 rings (SSSR count). The lowest BCUT2D eigenvalue weighted by Crippen LogP contribution is -2.48. The third kappa shape index (κ3) is 2.99. The van der Waals surface area contributed by atoms with Gasteiger partial charge in [-0.05, 0) is 68.4 Å². The molecule has 4 fully saturated rings. The standard InChI is InChI=1S/C19H19ClN4O3S/c20-13-1-2-14(15(6-13)24(26)27)16(25)21-18-23-22-17(28-18)19-7-10-3-11(8-19)5-12(4-10)9-19/h1-2,6,10-12H,3-5,7-9H2,(H,21,23,25). The normalized spacial score (nSPS) is 30.4. The lowest BCUT2D eigenvalue weighted by atomic mass is 9.50. The van der Waals surface area contributed by atoms with E-state index in [1.807, 2.05) is 0 Å². The zero-order valence-electron chi connectivity index (χ0n) is 15.1. The molecule has 1 aromatic carbocycles. The van der Waals surface area contributed by atoms with Crippen molar-refractivity contribution in [3.8, 4) is 0 Å². The van der Waals surface area contributed by atoms with Gasteiger partial charge in [-0.3, -0.25) is 20.2 Å². The van der Waals surface area contributed by atoms with Crippen LogP contribution in [0.3, 0.4) is 0 Å². The molecule has 0 saturated heterocycles. The molecule has 0 aliphatic heterocycles. The lowest BCUT2D eigenvalue weighted by Gasteiger charge is -2.55. The molecule has 0 unspecified atom stereocenters. The van der Waals surface area contributed by atoms with Gasteiger partial charge in [0.05, 0.1) is 4.92 Å². The first-order chi connectivity index (χ1) is 13.4. The average molecular weight is 419 g/mol. The topological polar surface area (TPSA) is 98.0 Å². The first kappa shape index (κ1) is 18.0. The van der Waals surface area contributed by atoms with Gasteiger partial charge in [0.1, 0.15) is 10.6 Å². The summed E-state index contributed by atoms with van der Waals surface area (Å²) >= 11 is 7.23. The monoisotopic (exact) mass is 418 g/mol. The van der Waals surface area contributed by atoms with Gasteiger partial charge in [0.25, 0.3) is 11.6 Å². The summed E-state index contributed by atoms with van der Waals surface area (Å²) in [5, 5.41) is 24.1. The maximum atomic E-state index is 12.6. The van der Waals surface area contributed by atoms with Crippen molar-refractivity contribution in [2.45, 2.75) is 43.9 Å². The van der Waals surface area contributed by atoms with E-state index < -0.39 is 10.8 Å². The number of aromatic nitrogens is 2. The number of carbonyl (C=O) groups is 1. The number of halogens is 1. The van der Waals surface area contributed by atoms with Crippen molar-refractivity contribution in [3.05, 3.63) is 43.9 Å². The van der Waals surface area contributed by atoms with Crippen LogP contribution < -0.4 is 5.32 Å². The quantitative estimate of drug-likeness (QED) is 0.566. The summed E-state index contributed by atoms with van der Waals surface area (Å²) in [6.45, 7) is 0. The molecule has 1 aromatic heterocycles. The van der Waals surface area contributed by atoms with E-state index in [4.69, 9.17) is 11.6 Å². The van der Waals surface area contributed by atoms with E-state index in [1.54, 1.807) is 0 Å². The van der Waals surface area contributed by atoms with Gasteiger partial charge in [0.15, 0.2) is 0 Å². The Labute approximate surface area is 170 Å². The Bertz CT molecular complexity index is 941. The summed E-state index contributed by atoms with van der Waals surface area (Å²) in [6, 6.07) is 4.00. The number of nitro groups is 1. The van der Waals surface area contributed by atoms with Crippen molar-refractivity contribution in [2.75, 3.05) is 5.32 Å². The molecule has 0 atom stereocenters. The minimum Gasteiger partial charge on any atom is -0.296 e. The maximum absolute atomic E-state index is 12.6. The second-order valence-electron chi connectivity index (χ2n) is 8.48. The second-order valence-corrected chi connectivity index (χ2v) is 9.90. The molecule has 2 aromatic rings. The zero-order chi connectivity index (χ0) is 19.5. The SMILES string of the molecule is O=C(Nc1nnc(C23CC4CC(CC(C4)C2)C3)s1)c1ccc(Cl)cc1[N+](=O)[O-]. The molecule has 4 bridgehead atoms. The van der Waals surface area contributed by atoms with Crippen LogP contribution in [0.15, 0.2) is 18.2 Å². The molecular formula is C19H19ClN4O3S. The molecule has 146 valence electrons. The van der Waals surface area contributed by atoms with Gasteiger partial charge < -0.3 is 0 Å². The van der Waals surface area contributed by atoms with E-state index in [0.717, 1.165) is 22.8 Å². The molecule has 1 heterocycles. The van der Waals surface area contributed by atoms with Crippen LogP contribution in [-0.2, 0) is 5.41 Å². The molecular weight excluding hydrogens is 400 g/mol. The van der Waals surface area contributed by atoms with E-state index in [0.29, 0.717) is 5.13 Å². The number of anilines is 1. The number of nitrogens with one attached hydrogen (secondary N) is 1. The van der Waals surface area contributed by atoms with Crippen LogP contribution in [0.1, 0.15) is 53.9 Å². The Morgan fingerprint density at radius 3 is 2.43 bits per heavy atom. The van der Waals surface area contributed by atoms with Gasteiger partial charge in [-0.15, -0.1) is 10.2 Å². The molecule has 0 radical (unpaired) electrons. The molecule has 4 aliphatic rings. The van der Waals surface area contributed by atoms with Gasteiger partial charge in [0.2, 0.25) is 5.13 Å². The average Bonchev–Trinajstić information content (AvgIpc) is 3.09. The summed E-state index contributed by atoms with van der Waals surface area (Å²) in [6.07, 6.45) is 7.56. The second kappa shape index (κ2) is 6.49. The summed E-state index contributed by atoms with van der Waals surface area (Å²) in [5.41, 5.74) is -0.251. The number of hydrogen-bond acceptors (Lipinski definition) is 6. The van der Waals surface area contributed by atoms with Crippen LogP contribution in [0, 0.1) is 27.9 Å². The molecule has 1 amide bonds. The number of nitrogens with zero attached hydrogens (tertiary/aromatic N) is 3. The lowest BCUT2D eigenvalue weighted by molar-refractivity contribution is -0.385. The molecule has 28 heavy (non-hydrogen) atoms. The fourth-order valence-electron chi connectivity index (χ4n) is 5.87. The highest BCUT2D eigenvalue weighted by Gasteiger charge is 2.53. The van der Waals surface area contributed by atoms with E-state index >= 15 is 0 Å². The predicted octanol–water partition coefficient (Wildman–Crippen LogP) is 4.82. The fourth-order valence-corrected chi connectivity index (χ4v) is 7.00. The molecule has 4 aliphatic carbocycles. The molecule has 1 N–H and O–H groups in total. The minimum absolute atomic E-state index is 0.0408. The number of amides is 1. The number of benzene rings is 1. The van der Waals surface area contributed by atoms with Gasteiger partial charge in [-0.2, -0.15) is 0 Å². The van der Waals surface area contributed by atoms with E-state index in [2.05, 4.69) is 15.5 Å². The highest BCUT2D eigenvalue weighted by Crippen LogP contribution is 2.61. The Kier molecular flexibility index (Phi) is 4.17. The number of rotatable bonds is 4. The van der Waals surface area contributed by atoms with Crippen molar-refractivity contribution in [3.63, 3.8) is 0 Å². The Morgan fingerprint density at radius 1 is 1.18 bits per heavy atom. The Morgan fingerprint density at radius 2 is 1.82 bits per heavy atom. The Balaban J connectivity index is 1.38. The zero-order valence-corrected chi connectivity index (χ0v) is 16.6. The fraction of sp³-hybridized carbons (Fsp3) is 0.526. The van der Waals surface area contributed by atoms with E-state index in [9.17, 15) is 14.9 Å². The summed E-state index contributed by atoms with van der Waals surface area (Å²) in [7, 11) is 0. The van der Waals surface area contributed by atoms with Crippen molar-refractivity contribution in [1.29, 1.82) is 0 Å². The van der Waals surface area contributed by atoms with Crippen LogP contribution >= 0.6 is 22.9 Å². The van der Waals surface area contributed by atoms with Crippen LogP contribution in [-0.4, -0.2) is 21.0 Å². The number of nitro benzene ring substituents is 1. The van der Waals surface area contributed by atoms with Crippen molar-refractivity contribution in [1.82, 2.24) is 10.2 Å². The van der Waals surface area contributed by atoms with Gasteiger partial charge in [0, 0.05) is 16.5 Å². The highest BCUT2D eigenvalue weighted by atomic mass is 35.5. The first-order valence-electron chi connectivity index (χ1n) is 9.51. The third-order valence-electron chi connectivity index (χ3n) is 6.54. The van der Waals surface area contributed by atoms with E-state index in [1.165, 1.54) is 68.1 Å². The molecule has 9 heteroatoms. The minimum atomic E-state index is -0.609. The van der Waals surface area contributed by atoms with Gasteiger partial charge >= 0.3 is 0 Å². The van der Waals surface area contributed by atoms with Crippen LogP contribution in [0.25, 0.3) is 0 Å². The first-order valence-corrected chi connectivity index (χ1v) is 10.7. The van der Waals surface area contributed by atoms with Gasteiger partial charge in [-0.1, -0.05) is 22.9 Å². The van der Waals surface area contributed by atoms with E-state index in [-0.39, 0.29) is 21.7 Å². The third-order valence-corrected chi connectivity index (χ3v) is 7.86. The molecule has 0 spiro atoms. The number of hydrogen-bond donors (Lipinski definition) is 1. The smallest absolute Gasteiger partial charge is 0.283 e. The number of carbonyl (C=O) groups excluding carboxylic acids is 1. The van der Waals surface area contributed by atoms with Crippen molar-refractivity contribution in [2.24, 2.45) is 17.8 Å². The van der Waals surface area contributed by atoms with Crippen LogP contribution in [0.4, 0.5) is 10.8 Å². The maximum Gasteiger partial charge on any atom is 0.283 e. The summed E-state index contributed by atoms with van der Waals surface area (Å²) in [5.74, 6) is 1.82. The largest absolute Gasteiger partial charge is 0.296 e. The van der Waals surface area contributed by atoms with Gasteiger partial charge in [-0.25, -0.2) is 0 Å². The molecule has 4 saturated carbocycles. The Hall–Kier alpha value is -2.06. The van der Waals surface area contributed by atoms with Crippen LogP contribution in [0.5, 0.6) is 0 Å². The van der Waals surface area contributed by atoms with Crippen molar-refractivity contribution >= 4 is 39.7 Å². The van der Waals surface area contributed by atoms with Crippen LogP contribution in [0.2, 0.25) is 5.02 Å². The summed E-state index contributed by atoms with van der Waals surface area (Å²) in [4.78, 5) is 23.2. The predicted molar refractivity (Wildman–Crippen MR) is 106 cm³/mol.